The normalized spacial score (nSPS) is 25.6. The van der Waals surface area contributed by atoms with Crippen molar-refractivity contribution in [3.8, 4) is 0 Å². The summed E-state index contributed by atoms with van der Waals surface area (Å²) in [6.07, 6.45) is 8.71. The number of nitrogens with zero attached hydrogens (tertiary/aromatic N) is 1. The van der Waals surface area contributed by atoms with Gasteiger partial charge in [0.25, 0.3) is 0 Å². The number of piperidine rings is 1. The van der Waals surface area contributed by atoms with E-state index in [9.17, 15) is 14.7 Å². The van der Waals surface area contributed by atoms with Crippen molar-refractivity contribution >= 4 is 12.0 Å². The topological polar surface area (TPSA) is 69.6 Å². The van der Waals surface area contributed by atoms with Crippen molar-refractivity contribution in [2.45, 2.75) is 51.9 Å². The molecule has 1 aliphatic carbocycles. The number of amides is 2. The SMILES string of the molecule is CCC1(C(=O)O)CCCN(C(=O)NCCC2=CCCC2)C1. The third-order valence-corrected chi connectivity index (χ3v) is 4.85. The van der Waals surface area contributed by atoms with Crippen LogP contribution >= 0.6 is 0 Å². The van der Waals surface area contributed by atoms with Crippen molar-refractivity contribution in [3.05, 3.63) is 11.6 Å². The summed E-state index contributed by atoms with van der Waals surface area (Å²) in [6, 6.07) is -0.118. The van der Waals surface area contributed by atoms with Gasteiger partial charge in [-0.15, -0.1) is 0 Å². The molecule has 21 heavy (non-hydrogen) atoms. The zero-order chi connectivity index (χ0) is 15.3. The highest BCUT2D eigenvalue weighted by Crippen LogP contribution is 2.33. The molecule has 2 amide bonds. The molecule has 0 aromatic carbocycles. The molecule has 0 aromatic heterocycles. The molecule has 5 heteroatoms. The Morgan fingerprint density at radius 3 is 2.86 bits per heavy atom. The van der Waals surface area contributed by atoms with E-state index in [1.165, 1.54) is 12.0 Å². The first-order valence-electron chi connectivity index (χ1n) is 8.01. The minimum atomic E-state index is -0.779. The number of allylic oxidation sites excluding steroid dienone is 1. The summed E-state index contributed by atoms with van der Waals surface area (Å²) < 4.78 is 0. The maximum Gasteiger partial charge on any atom is 0.317 e. The van der Waals surface area contributed by atoms with E-state index < -0.39 is 11.4 Å². The first kappa shape index (κ1) is 15.9. The molecule has 5 nitrogen and oxygen atoms in total. The molecule has 1 fully saturated rings. The van der Waals surface area contributed by atoms with Gasteiger partial charge in [0, 0.05) is 19.6 Å². The van der Waals surface area contributed by atoms with Crippen molar-refractivity contribution in [2.75, 3.05) is 19.6 Å². The Hall–Kier alpha value is -1.52. The Morgan fingerprint density at radius 1 is 1.43 bits per heavy atom. The third kappa shape index (κ3) is 3.77. The van der Waals surface area contributed by atoms with Crippen LogP contribution in [0.4, 0.5) is 4.79 Å². The molecule has 0 aromatic rings. The molecule has 0 bridgehead atoms. The van der Waals surface area contributed by atoms with Crippen LogP contribution in [0.5, 0.6) is 0 Å². The lowest BCUT2D eigenvalue weighted by Gasteiger charge is -2.39. The number of nitrogens with one attached hydrogen (secondary N) is 1. The van der Waals surface area contributed by atoms with Gasteiger partial charge in [0.05, 0.1) is 5.41 Å². The van der Waals surface area contributed by atoms with Crippen molar-refractivity contribution < 1.29 is 14.7 Å². The number of carboxylic acids is 1. The lowest BCUT2D eigenvalue weighted by Crippen LogP contribution is -2.52. The molecule has 1 saturated heterocycles. The van der Waals surface area contributed by atoms with Crippen LogP contribution in [0.15, 0.2) is 11.6 Å². The van der Waals surface area contributed by atoms with E-state index in [4.69, 9.17) is 0 Å². The fourth-order valence-corrected chi connectivity index (χ4v) is 3.33. The Balaban J connectivity index is 1.82. The van der Waals surface area contributed by atoms with Gasteiger partial charge in [-0.1, -0.05) is 18.6 Å². The number of aliphatic carboxylic acids is 1. The highest BCUT2D eigenvalue weighted by atomic mass is 16.4. The van der Waals surface area contributed by atoms with Gasteiger partial charge in [-0.25, -0.2) is 4.79 Å². The predicted molar refractivity (Wildman–Crippen MR) is 81.1 cm³/mol. The molecular weight excluding hydrogens is 268 g/mol. The molecule has 1 atom stereocenters. The minimum absolute atomic E-state index is 0.118. The Morgan fingerprint density at radius 2 is 2.24 bits per heavy atom. The van der Waals surface area contributed by atoms with E-state index >= 15 is 0 Å². The number of carbonyl (C=O) groups excluding carboxylic acids is 1. The van der Waals surface area contributed by atoms with Crippen molar-refractivity contribution in [1.29, 1.82) is 0 Å². The van der Waals surface area contributed by atoms with E-state index in [2.05, 4.69) is 11.4 Å². The van der Waals surface area contributed by atoms with Crippen molar-refractivity contribution in [2.24, 2.45) is 5.41 Å². The van der Waals surface area contributed by atoms with Gasteiger partial charge in [-0.2, -0.15) is 0 Å². The van der Waals surface area contributed by atoms with Gasteiger partial charge in [-0.3, -0.25) is 4.79 Å². The molecule has 2 rings (SSSR count). The van der Waals surface area contributed by atoms with Gasteiger partial charge >= 0.3 is 12.0 Å². The van der Waals surface area contributed by atoms with Crippen LogP contribution in [-0.4, -0.2) is 41.6 Å². The number of hydrogen-bond donors (Lipinski definition) is 2. The zero-order valence-electron chi connectivity index (χ0n) is 12.9. The summed E-state index contributed by atoms with van der Waals surface area (Å²) in [6.45, 7) is 3.52. The van der Waals surface area contributed by atoms with E-state index in [-0.39, 0.29) is 6.03 Å². The first-order valence-corrected chi connectivity index (χ1v) is 8.01. The standard InChI is InChI=1S/C16H26N2O3/c1-2-16(14(19)20)9-5-11-18(12-16)15(21)17-10-8-13-6-3-4-7-13/h6H,2-5,7-12H2,1H3,(H,17,21)(H,19,20). The van der Waals surface area contributed by atoms with Gasteiger partial charge < -0.3 is 15.3 Å². The third-order valence-electron chi connectivity index (χ3n) is 4.85. The Labute approximate surface area is 126 Å². The number of rotatable bonds is 5. The Kier molecular flexibility index (Phi) is 5.26. The second-order valence-corrected chi connectivity index (χ2v) is 6.20. The van der Waals surface area contributed by atoms with E-state index in [0.29, 0.717) is 32.5 Å². The van der Waals surface area contributed by atoms with Gasteiger partial charge in [0.1, 0.15) is 0 Å². The fourth-order valence-electron chi connectivity index (χ4n) is 3.33. The van der Waals surface area contributed by atoms with E-state index in [1.807, 2.05) is 6.92 Å². The van der Waals surface area contributed by atoms with Crippen molar-refractivity contribution in [1.82, 2.24) is 10.2 Å². The van der Waals surface area contributed by atoms with Gasteiger partial charge in [0.15, 0.2) is 0 Å². The molecule has 118 valence electrons. The first-order chi connectivity index (χ1) is 10.1. The molecule has 0 radical (unpaired) electrons. The van der Waals surface area contributed by atoms with Crippen LogP contribution in [-0.2, 0) is 4.79 Å². The van der Waals surface area contributed by atoms with Gasteiger partial charge in [0.2, 0.25) is 0 Å². The van der Waals surface area contributed by atoms with E-state index in [1.54, 1.807) is 4.90 Å². The average Bonchev–Trinajstić information content (AvgIpc) is 3.00. The van der Waals surface area contributed by atoms with Crippen LogP contribution in [0, 0.1) is 5.41 Å². The van der Waals surface area contributed by atoms with Crippen LogP contribution in [0.1, 0.15) is 51.9 Å². The molecule has 1 aliphatic heterocycles. The molecule has 1 unspecified atom stereocenters. The minimum Gasteiger partial charge on any atom is -0.481 e. The number of carbonyl (C=O) groups is 2. The Bertz CT molecular complexity index is 433. The molecule has 2 N–H and O–H groups in total. The fraction of sp³-hybridized carbons (Fsp3) is 0.750. The molecule has 0 saturated carbocycles. The molecule has 2 aliphatic rings. The van der Waals surface area contributed by atoms with E-state index in [0.717, 1.165) is 25.7 Å². The summed E-state index contributed by atoms with van der Waals surface area (Å²) >= 11 is 0. The van der Waals surface area contributed by atoms with Crippen LogP contribution in [0.3, 0.4) is 0 Å². The average molecular weight is 294 g/mol. The number of carboxylic acid groups (broad SMARTS) is 1. The summed E-state index contributed by atoms with van der Waals surface area (Å²) in [4.78, 5) is 25.4. The zero-order valence-corrected chi connectivity index (χ0v) is 12.9. The predicted octanol–water partition coefficient (Wildman–Crippen LogP) is 2.77. The molecule has 0 spiro atoms. The summed E-state index contributed by atoms with van der Waals surface area (Å²) in [7, 11) is 0. The lowest BCUT2D eigenvalue weighted by atomic mass is 9.78. The van der Waals surface area contributed by atoms with Crippen LogP contribution in [0.25, 0.3) is 0 Å². The maximum atomic E-state index is 12.2. The van der Waals surface area contributed by atoms with Crippen LogP contribution < -0.4 is 5.32 Å². The molecular formula is C16H26N2O3. The van der Waals surface area contributed by atoms with Gasteiger partial charge in [-0.05, 0) is 44.9 Å². The summed E-state index contributed by atoms with van der Waals surface area (Å²) in [5.74, 6) is -0.779. The largest absolute Gasteiger partial charge is 0.481 e. The monoisotopic (exact) mass is 294 g/mol. The lowest BCUT2D eigenvalue weighted by molar-refractivity contribution is -0.152. The van der Waals surface area contributed by atoms with Crippen molar-refractivity contribution in [3.63, 3.8) is 0 Å². The quantitative estimate of drug-likeness (QED) is 0.766. The summed E-state index contributed by atoms with van der Waals surface area (Å²) in [5.41, 5.74) is 0.672. The maximum absolute atomic E-state index is 12.2. The van der Waals surface area contributed by atoms with Crippen LogP contribution in [0.2, 0.25) is 0 Å². The summed E-state index contributed by atoms with van der Waals surface area (Å²) in [5, 5.41) is 12.4. The number of urea groups is 1. The number of likely N-dealkylation sites (tertiary alicyclic amines) is 1. The second kappa shape index (κ2) is 6.96. The smallest absolute Gasteiger partial charge is 0.317 e. The number of hydrogen-bond acceptors (Lipinski definition) is 2. The highest BCUT2D eigenvalue weighted by molar-refractivity contribution is 5.78. The highest BCUT2D eigenvalue weighted by Gasteiger charge is 2.42. The second-order valence-electron chi connectivity index (χ2n) is 6.20. The molecule has 1 heterocycles.